The van der Waals surface area contributed by atoms with Gasteiger partial charge >= 0.3 is 0 Å². The van der Waals surface area contributed by atoms with Crippen LogP contribution in [0.4, 0.5) is 0 Å². The molecule has 1 heterocycles. The first-order valence-corrected chi connectivity index (χ1v) is 6.08. The Morgan fingerprint density at radius 2 is 2.24 bits per heavy atom. The SMILES string of the molecule is CCn1ccnc1-c1ccc(Cl)cc1CNC. The molecule has 0 radical (unpaired) electrons. The summed E-state index contributed by atoms with van der Waals surface area (Å²) < 4.78 is 2.13. The van der Waals surface area contributed by atoms with Gasteiger partial charge in [0.05, 0.1) is 0 Å². The minimum Gasteiger partial charge on any atom is -0.331 e. The third-order valence-electron chi connectivity index (χ3n) is 2.73. The van der Waals surface area contributed by atoms with E-state index in [0.29, 0.717) is 0 Å². The van der Waals surface area contributed by atoms with Crippen molar-refractivity contribution < 1.29 is 0 Å². The molecule has 4 heteroatoms. The minimum atomic E-state index is 0.758. The normalized spacial score (nSPS) is 10.8. The summed E-state index contributed by atoms with van der Waals surface area (Å²) in [7, 11) is 1.93. The van der Waals surface area contributed by atoms with Crippen molar-refractivity contribution >= 4 is 11.6 Å². The molecular formula is C13H16ClN3. The van der Waals surface area contributed by atoms with E-state index in [4.69, 9.17) is 11.6 Å². The maximum Gasteiger partial charge on any atom is 0.140 e. The van der Waals surface area contributed by atoms with Crippen molar-refractivity contribution in [1.29, 1.82) is 0 Å². The van der Waals surface area contributed by atoms with Crippen LogP contribution in [0.1, 0.15) is 12.5 Å². The fraction of sp³-hybridized carbons (Fsp3) is 0.308. The lowest BCUT2D eigenvalue weighted by atomic mass is 10.1. The van der Waals surface area contributed by atoms with E-state index in [1.807, 2.05) is 37.6 Å². The first-order chi connectivity index (χ1) is 8.26. The third kappa shape index (κ3) is 2.51. The van der Waals surface area contributed by atoms with E-state index < -0.39 is 0 Å². The van der Waals surface area contributed by atoms with Crippen molar-refractivity contribution in [3.8, 4) is 11.4 Å². The molecule has 0 atom stereocenters. The van der Waals surface area contributed by atoms with Crippen LogP contribution in [0.2, 0.25) is 5.02 Å². The van der Waals surface area contributed by atoms with E-state index in [-0.39, 0.29) is 0 Å². The van der Waals surface area contributed by atoms with E-state index in [1.165, 1.54) is 5.56 Å². The molecule has 2 aromatic rings. The molecule has 0 spiro atoms. The quantitative estimate of drug-likeness (QED) is 0.903. The summed E-state index contributed by atoms with van der Waals surface area (Å²) in [5.74, 6) is 0.995. The standard InChI is InChI=1S/C13H16ClN3/c1-3-17-7-6-16-13(17)12-5-4-11(14)8-10(12)9-15-2/h4-8,15H,3,9H2,1-2H3. The molecule has 0 unspecified atom stereocenters. The van der Waals surface area contributed by atoms with Crippen molar-refractivity contribution in [1.82, 2.24) is 14.9 Å². The third-order valence-corrected chi connectivity index (χ3v) is 2.97. The Morgan fingerprint density at radius 3 is 2.94 bits per heavy atom. The molecule has 0 saturated carbocycles. The molecule has 0 bridgehead atoms. The number of aromatic nitrogens is 2. The van der Waals surface area contributed by atoms with Gasteiger partial charge in [0.2, 0.25) is 0 Å². The Hall–Kier alpha value is -1.32. The summed E-state index contributed by atoms with van der Waals surface area (Å²) in [5, 5.41) is 3.91. The molecule has 3 nitrogen and oxygen atoms in total. The van der Waals surface area contributed by atoms with Gasteiger partial charge in [-0.05, 0) is 37.7 Å². The van der Waals surface area contributed by atoms with Crippen molar-refractivity contribution in [3.63, 3.8) is 0 Å². The molecule has 1 aromatic carbocycles. The average molecular weight is 250 g/mol. The Kier molecular flexibility index (Phi) is 3.82. The van der Waals surface area contributed by atoms with E-state index in [0.717, 1.165) is 29.5 Å². The lowest BCUT2D eigenvalue weighted by Crippen LogP contribution is -2.08. The van der Waals surface area contributed by atoms with Crippen LogP contribution in [0.15, 0.2) is 30.6 Å². The zero-order valence-electron chi connectivity index (χ0n) is 10.1. The second-order valence-electron chi connectivity index (χ2n) is 3.87. The number of benzene rings is 1. The molecule has 1 aromatic heterocycles. The topological polar surface area (TPSA) is 29.9 Å². The molecule has 1 N–H and O–H groups in total. The Bertz CT molecular complexity index is 505. The van der Waals surface area contributed by atoms with Gasteiger partial charge in [0, 0.05) is 36.1 Å². The van der Waals surface area contributed by atoms with Crippen LogP contribution >= 0.6 is 11.6 Å². The zero-order chi connectivity index (χ0) is 12.3. The van der Waals surface area contributed by atoms with Gasteiger partial charge in [0.15, 0.2) is 0 Å². The molecule has 17 heavy (non-hydrogen) atoms. The molecular weight excluding hydrogens is 234 g/mol. The summed E-state index contributed by atoms with van der Waals surface area (Å²) in [5.41, 5.74) is 2.30. The highest BCUT2D eigenvalue weighted by atomic mass is 35.5. The van der Waals surface area contributed by atoms with Gasteiger partial charge in [0.25, 0.3) is 0 Å². The predicted molar refractivity (Wildman–Crippen MR) is 71.1 cm³/mol. The van der Waals surface area contributed by atoms with Gasteiger partial charge in [-0.25, -0.2) is 4.98 Å². The maximum absolute atomic E-state index is 6.03. The highest BCUT2D eigenvalue weighted by Crippen LogP contribution is 2.25. The van der Waals surface area contributed by atoms with Crippen molar-refractivity contribution in [2.45, 2.75) is 20.0 Å². The van der Waals surface area contributed by atoms with Gasteiger partial charge in [-0.2, -0.15) is 0 Å². The van der Waals surface area contributed by atoms with E-state index in [1.54, 1.807) is 0 Å². The fourth-order valence-corrected chi connectivity index (χ4v) is 2.12. The monoisotopic (exact) mass is 249 g/mol. The Morgan fingerprint density at radius 1 is 1.41 bits per heavy atom. The second-order valence-corrected chi connectivity index (χ2v) is 4.31. The number of imidazole rings is 1. The fourth-order valence-electron chi connectivity index (χ4n) is 1.93. The largest absolute Gasteiger partial charge is 0.331 e. The second kappa shape index (κ2) is 5.34. The predicted octanol–water partition coefficient (Wildman–Crippen LogP) is 2.94. The first-order valence-electron chi connectivity index (χ1n) is 5.70. The number of hydrogen-bond donors (Lipinski definition) is 1. The van der Waals surface area contributed by atoms with Crippen LogP contribution < -0.4 is 5.32 Å². The number of rotatable bonds is 4. The molecule has 0 amide bonds. The summed E-state index contributed by atoms with van der Waals surface area (Å²) in [4.78, 5) is 4.42. The highest BCUT2D eigenvalue weighted by molar-refractivity contribution is 6.30. The summed E-state index contributed by atoms with van der Waals surface area (Å²) >= 11 is 6.03. The van der Waals surface area contributed by atoms with E-state index >= 15 is 0 Å². The lowest BCUT2D eigenvalue weighted by Gasteiger charge is -2.11. The first kappa shape index (κ1) is 12.1. The highest BCUT2D eigenvalue weighted by Gasteiger charge is 2.10. The van der Waals surface area contributed by atoms with E-state index in [9.17, 15) is 0 Å². The summed E-state index contributed by atoms with van der Waals surface area (Å²) in [6.45, 7) is 3.81. The molecule has 0 fully saturated rings. The number of aryl methyl sites for hydroxylation is 1. The van der Waals surface area contributed by atoms with Gasteiger partial charge < -0.3 is 9.88 Å². The van der Waals surface area contributed by atoms with Crippen LogP contribution in [-0.4, -0.2) is 16.6 Å². The van der Waals surface area contributed by atoms with Crippen LogP contribution in [0.25, 0.3) is 11.4 Å². The van der Waals surface area contributed by atoms with Crippen molar-refractivity contribution in [2.24, 2.45) is 0 Å². The molecule has 0 aliphatic heterocycles. The number of halogens is 1. The van der Waals surface area contributed by atoms with Crippen LogP contribution in [0, 0.1) is 0 Å². The minimum absolute atomic E-state index is 0.758. The van der Waals surface area contributed by atoms with E-state index in [2.05, 4.69) is 21.8 Å². The van der Waals surface area contributed by atoms with Crippen LogP contribution in [-0.2, 0) is 13.1 Å². The number of hydrogen-bond acceptors (Lipinski definition) is 2. The zero-order valence-corrected chi connectivity index (χ0v) is 10.8. The van der Waals surface area contributed by atoms with Gasteiger partial charge in [-0.15, -0.1) is 0 Å². The molecule has 0 aliphatic rings. The van der Waals surface area contributed by atoms with Gasteiger partial charge in [-0.1, -0.05) is 11.6 Å². The summed E-state index contributed by atoms with van der Waals surface area (Å²) in [6, 6.07) is 5.93. The molecule has 0 saturated heterocycles. The Labute approximate surface area is 106 Å². The van der Waals surface area contributed by atoms with Gasteiger partial charge in [-0.3, -0.25) is 0 Å². The van der Waals surface area contributed by atoms with Crippen molar-refractivity contribution in [3.05, 3.63) is 41.2 Å². The average Bonchev–Trinajstić information content (AvgIpc) is 2.78. The van der Waals surface area contributed by atoms with Gasteiger partial charge in [0.1, 0.15) is 5.82 Å². The smallest absolute Gasteiger partial charge is 0.140 e. The van der Waals surface area contributed by atoms with Crippen LogP contribution in [0.5, 0.6) is 0 Å². The molecule has 2 rings (SSSR count). The summed E-state index contributed by atoms with van der Waals surface area (Å²) in [6.07, 6.45) is 3.82. The van der Waals surface area contributed by atoms with Crippen molar-refractivity contribution in [2.75, 3.05) is 7.05 Å². The Balaban J connectivity index is 2.50. The molecule has 90 valence electrons. The maximum atomic E-state index is 6.03. The number of nitrogens with zero attached hydrogens (tertiary/aromatic N) is 2. The van der Waals surface area contributed by atoms with Crippen LogP contribution in [0.3, 0.4) is 0 Å². The molecule has 0 aliphatic carbocycles. The number of nitrogens with one attached hydrogen (secondary N) is 1. The lowest BCUT2D eigenvalue weighted by molar-refractivity contribution is 0.765.